The molecule has 0 aromatic carbocycles. The highest BCUT2D eigenvalue weighted by molar-refractivity contribution is 5.88. The zero-order valence-corrected chi connectivity index (χ0v) is 11.4. The van der Waals surface area contributed by atoms with E-state index < -0.39 is 0 Å². The van der Waals surface area contributed by atoms with Crippen molar-refractivity contribution in [1.82, 2.24) is 10.3 Å². The molecule has 0 fully saturated rings. The minimum atomic E-state index is -0.348. The van der Waals surface area contributed by atoms with E-state index in [2.05, 4.69) is 28.9 Å². The average Bonchev–Trinajstić information content (AvgIpc) is 2.43. The molecule has 0 bridgehead atoms. The minimum absolute atomic E-state index is 0.348. The molecular weight excluding hydrogens is 228 g/mol. The Balaban J connectivity index is 2.42. The van der Waals surface area contributed by atoms with Crippen LogP contribution in [-0.2, 0) is 11.3 Å². The third-order valence-corrected chi connectivity index (χ3v) is 3.14. The van der Waals surface area contributed by atoms with E-state index in [0.717, 1.165) is 24.7 Å². The van der Waals surface area contributed by atoms with E-state index in [-0.39, 0.29) is 5.97 Å². The van der Waals surface area contributed by atoms with Crippen LogP contribution in [0, 0.1) is 5.92 Å². The molecule has 0 unspecified atom stereocenters. The summed E-state index contributed by atoms with van der Waals surface area (Å²) >= 11 is 0. The van der Waals surface area contributed by atoms with Gasteiger partial charge in [-0.15, -0.1) is 0 Å². The molecule has 0 spiro atoms. The molecule has 1 rings (SSSR count). The number of nitrogens with zero attached hydrogens (tertiary/aromatic N) is 1. The van der Waals surface area contributed by atoms with E-state index in [1.807, 2.05) is 6.07 Å². The van der Waals surface area contributed by atoms with Crippen molar-refractivity contribution in [3.63, 3.8) is 0 Å². The summed E-state index contributed by atoms with van der Waals surface area (Å²) in [5.74, 6) is 0.374. The standard InChI is InChI=1S/C14H22N2O2/c1-4-11(5-2)8-15-10-13-7-6-12(9-16-13)14(17)18-3/h6-7,9,11,15H,4-5,8,10H2,1-3H3. The van der Waals surface area contributed by atoms with Gasteiger partial charge in [0.15, 0.2) is 0 Å². The van der Waals surface area contributed by atoms with Gasteiger partial charge in [-0.1, -0.05) is 26.7 Å². The van der Waals surface area contributed by atoms with E-state index >= 15 is 0 Å². The van der Waals surface area contributed by atoms with Crippen LogP contribution in [0.2, 0.25) is 0 Å². The Morgan fingerprint density at radius 1 is 1.39 bits per heavy atom. The lowest BCUT2D eigenvalue weighted by Gasteiger charge is -2.12. The highest BCUT2D eigenvalue weighted by Crippen LogP contribution is 2.06. The fourth-order valence-electron chi connectivity index (χ4n) is 1.75. The van der Waals surface area contributed by atoms with Gasteiger partial charge in [0.2, 0.25) is 0 Å². The number of methoxy groups -OCH3 is 1. The van der Waals surface area contributed by atoms with E-state index in [0.29, 0.717) is 5.56 Å². The number of nitrogens with one attached hydrogen (secondary N) is 1. The molecule has 0 radical (unpaired) electrons. The van der Waals surface area contributed by atoms with Gasteiger partial charge in [-0.05, 0) is 24.6 Å². The molecule has 0 saturated heterocycles. The van der Waals surface area contributed by atoms with E-state index in [1.165, 1.54) is 20.0 Å². The predicted molar refractivity (Wildman–Crippen MR) is 71.4 cm³/mol. The summed E-state index contributed by atoms with van der Waals surface area (Å²) in [6.45, 7) is 6.16. The van der Waals surface area contributed by atoms with Gasteiger partial charge in [0, 0.05) is 12.7 Å². The molecule has 18 heavy (non-hydrogen) atoms. The summed E-state index contributed by atoms with van der Waals surface area (Å²) in [7, 11) is 1.37. The van der Waals surface area contributed by atoms with Crippen LogP contribution in [0.4, 0.5) is 0 Å². The molecule has 0 aliphatic rings. The van der Waals surface area contributed by atoms with Crippen molar-refractivity contribution in [1.29, 1.82) is 0 Å². The molecular formula is C14H22N2O2. The Morgan fingerprint density at radius 2 is 2.11 bits per heavy atom. The van der Waals surface area contributed by atoms with Crippen molar-refractivity contribution >= 4 is 5.97 Å². The first kappa shape index (κ1) is 14.6. The second-order valence-electron chi connectivity index (χ2n) is 4.34. The van der Waals surface area contributed by atoms with Crippen LogP contribution < -0.4 is 5.32 Å². The third kappa shape index (κ3) is 4.45. The Morgan fingerprint density at radius 3 is 2.61 bits per heavy atom. The molecule has 1 aromatic heterocycles. The molecule has 0 aliphatic carbocycles. The van der Waals surface area contributed by atoms with E-state index in [1.54, 1.807) is 12.3 Å². The molecule has 0 aliphatic heterocycles. The maximum Gasteiger partial charge on any atom is 0.339 e. The van der Waals surface area contributed by atoms with Crippen molar-refractivity contribution in [3.05, 3.63) is 29.6 Å². The largest absolute Gasteiger partial charge is 0.465 e. The molecule has 4 nitrogen and oxygen atoms in total. The van der Waals surface area contributed by atoms with E-state index in [4.69, 9.17) is 0 Å². The van der Waals surface area contributed by atoms with Crippen LogP contribution in [-0.4, -0.2) is 24.6 Å². The number of esters is 1. The molecule has 0 atom stereocenters. The Labute approximate surface area is 109 Å². The number of carbonyl (C=O) groups excluding carboxylic acids is 1. The van der Waals surface area contributed by atoms with Crippen LogP contribution in [0.1, 0.15) is 42.7 Å². The van der Waals surface area contributed by atoms with Gasteiger partial charge in [0.25, 0.3) is 0 Å². The van der Waals surface area contributed by atoms with Gasteiger partial charge in [-0.25, -0.2) is 4.79 Å². The van der Waals surface area contributed by atoms with Crippen LogP contribution in [0.3, 0.4) is 0 Å². The zero-order chi connectivity index (χ0) is 13.4. The number of hydrogen-bond acceptors (Lipinski definition) is 4. The molecule has 100 valence electrons. The number of carbonyl (C=O) groups is 1. The zero-order valence-electron chi connectivity index (χ0n) is 11.4. The summed E-state index contributed by atoms with van der Waals surface area (Å²) in [4.78, 5) is 15.5. The van der Waals surface area contributed by atoms with Crippen LogP contribution in [0.15, 0.2) is 18.3 Å². The van der Waals surface area contributed by atoms with Crippen molar-refractivity contribution in [3.8, 4) is 0 Å². The Kier molecular flexibility index (Phi) is 6.36. The number of ether oxygens (including phenoxy) is 1. The van der Waals surface area contributed by atoms with Crippen LogP contribution in [0.5, 0.6) is 0 Å². The Bertz CT molecular complexity index is 359. The maximum atomic E-state index is 11.2. The van der Waals surface area contributed by atoms with Gasteiger partial charge >= 0.3 is 5.97 Å². The number of pyridine rings is 1. The first-order valence-electron chi connectivity index (χ1n) is 6.45. The third-order valence-electron chi connectivity index (χ3n) is 3.14. The smallest absolute Gasteiger partial charge is 0.339 e. The normalized spacial score (nSPS) is 10.7. The highest BCUT2D eigenvalue weighted by Gasteiger charge is 2.06. The molecule has 1 heterocycles. The molecule has 1 aromatic rings. The highest BCUT2D eigenvalue weighted by atomic mass is 16.5. The van der Waals surface area contributed by atoms with Gasteiger partial charge in [0.1, 0.15) is 0 Å². The number of rotatable bonds is 7. The van der Waals surface area contributed by atoms with Crippen LogP contribution in [0.25, 0.3) is 0 Å². The van der Waals surface area contributed by atoms with Crippen molar-refractivity contribution in [2.24, 2.45) is 5.92 Å². The predicted octanol–water partition coefficient (Wildman–Crippen LogP) is 2.39. The lowest BCUT2D eigenvalue weighted by atomic mass is 10.0. The summed E-state index contributed by atoms with van der Waals surface area (Å²) in [6.07, 6.45) is 3.94. The molecule has 0 saturated carbocycles. The van der Waals surface area contributed by atoms with Crippen molar-refractivity contribution < 1.29 is 9.53 Å². The Hall–Kier alpha value is -1.42. The molecule has 0 amide bonds. The monoisotopic (exact) mass is 250 g/mol. The maximum absolute atomic E-state index is 11.2. The summed E-state index contributed by atoms with van der Waals surface area (Å²) < 4.78 is 4.62. The summed E-state index contributed by atoms with van der Waals surface area (Å²) in [6, 6.07) is 3.60. The first-order valence-corrected chi connectivity index (χ1v) is 6.45. The molecule has 1 N–H and O–H groups in total. The fraction of sp³-hybridized carbons (Fsp3) is 0.571. The summed E-state index contributed by atoms with van der Waals surface area (Å²) in [5.41, 5.74) is 1.43. The number of aromatic nitrogens is 1. The lowest BCUT2D eigenvalue weighted by molar-refractivity contribution is 0.0600. The second-order valence-corrected chi connectivity index (χ2v) is 4.34. The average molecular weight is 250 g/mol. The van der Waals surface area contributed by atoms with Gasteiger partial charge in [-0.3, -0.25) is 4.98 Å². The van der Waals surface area contributed by atoms with E-state index in [9.17, 15) is 4.79 Å². The summed E-state index contributed by atoms with van der Waals surface area (Å²) in [5, 5.41) is 3.39. The molecule has 4 heteroatoms. The van der Waals surface area contributed by atoms with Crippen molar-refractivity contribution in [2.45, 2.75) is 33.2 Å². The fourth-order valence-corrected chi connectivity index (χ4v) is 1.75. The first-order chi connectivity index (χ1) is 8.71. The van der Waals surface area contributed by atoms with Gasteiger partial charge in [-0.2, -0.15) is 0 Å². The SMILES string of the molecule is CCC(CC)CNCc1ccc(C(=O)OC)cn1. The van der Waals surface area contributed by atoms with Crippen LogP contribution >= 0.6 is 0 Å². The lowest BCUT2D eigenvalue weighted by Crippen LogP contribution is -2.22. The second kappa shape index (κ2) is 7.82. The van der Waals surface area contributed by atoms with Gasteiger partial charge < -0.3 is 10.1 Å². The van der Waals surface area contributed by atoms with Gasteiger partial charge in [0.05, 0.1) is 18.4 Å². The quantitative estimate of drug-likeness (QED) is 0.755. The topological polar surface area (TPSA) is 51.2 Å². The van der Waals surface area contributed by atoms with Crippen molar-refractivity contribution in [2.75, 3.05) is 13.7 Å². The number of hydrogen-bond donors (Lipinski definition) is 1. The minimum Gasteiger partial charge on any atom is -0.465 e.